The number of amides is 1. The van der Waals surface area contributed by atoms with Crippen LogP contribution in [0.5, 0.6) is 0 Å². The molecule has 17 heavy (non-hydrogen) atoms. The third kappa shape index (κ3) is 2.44. The van der Waals surface area contributed by atoms with E-state index in [9.17, 15) is 9.59 Å². The normalized spacial score (nSPS) is 17.2. The Labute approximate surface area is 103 Å². The first-order valence-corrected chi connectivity index (χ1v) is 5.67. The number of nitrogens with one attached hydrogen (secondary N) is 1. The van der Waals surface area contributed by atoms with Gasteiger partial charge in [-0.25, -0.2) is 0 Å². The molecular weight excluding hydrogens is 246 g/mol. The number of halogens is 1. The fraction of sp³-hybridized carbons (Fsp3) is 0.455. The fourth-order valence-electron chi connectivity index (χ4n) is 2.00. The van der Waals surface area contributed by atoms with Gasteiger partial charge in [-0.1, -0.05) is 0 Å². The summed E-state index contributed by atoms with van der Waals surface area (Å²) in [6.07, 6.45) is 3.55. The Hall–Kier alpha value is -1.49. The number of rotatable bonds is 4. The Balaban J connectivity index is 2.07. The van der Waals surface area contributed by atoms with Crippen molar-refractivity contribution in [2.24, 2.45) is 0 Å². The summed E-state index contributed by atoms with van der Waals surface area (Å²) in [4.78, 5) is 22.6. The van der Waals surface area contributed by atoms with Crippen molar-refractivity contribution in [3.63, 3.8) is 0 Å². The summed E-state index contributed by atoms with van der Waals surface area (Å²) in [5.41, 5.74) is -0.382. The Bertz CT molecular complexity index is 450. The Morgan fingerprint density at radius 3 is 2.65 bits per heavy atom. The molecule has 1 aromatic rings. The number of aliphatic carboxylic acids is 1. The average molecular weight is 258 g/mol. The molecule has 0 atom stereocenters. The van der Waals surface area contributed by atoms with E-state index in [1.54, 1.807) is 0 Å². The Morgan fingerprint density at radius 2 is 2.24 bits per heavy atom. The van der Waals surface area contributed by atoms with Gasteiger partial charge in [0.1, 0.15) is 0 Å². The predicted octanol–water partition coefficient (Wildman–Crippen LogP) is 2.06. The van der Waals surface area contributed by atoms with E-state index in [4.69, 9.17) is 21.1 Å². The third-order valence-electron chi connectivity index (χ3n) is 3.04. The van der Waals surface area contributed by atoms with Crippen molar-refractivity contribution in [3.8, 4) is 0 Å². The van der Waals surface area contributed by atoms with Crippen LogP contribution in [0.4, 0.5) is 0 Å². The minimum Gasteiger partial charge on any atom is -0.481 e. The second-order valence-corrected chi connectivity index (χ2v) is 4.61. The van der Waals surface area contributed by atoms with Crippen LogP contribution in [0.1, 0.15) is 36.0 Å². The molecule has 92 valence electrons. The molecule has 0 unspecified atom stereocenters. The van der Waals surface area contributed by atoms with E-state index in [0.29, 0.717) is 12.8 Å². The zero-order valence-corrected chi connectivity index (χ0v) is 9.79. The van der Waals surface area contributed by atoms with Gasteiger partial charge in [-0.2, -0.15) is 0 Å². The number of carboxylic acids is 1. The van der Waals surface area contributed by atoms with E-state index in [-0.39, 0.29) is 23.1 Å². The van der Waals surface area contributed by atoms with Gasteiger partial charge in [0.2, 0.25) is 5.22 Å². The van der Waals surface area contributed by atoms with Gasteiger partial charge in [0.05, 0.1) is 23.8 Å². The lowest BCUT2D eigenvalue weighted by molar-refractivity contribution is -0.139. The SMILES string of the molecule is O=C(O)CC1(NC(=O)c2ccoc2Cl)CCC1. The first kappa shape index (κ1) is 12.0. The quantitative estimate of drug-likeness (QED) is 0.865. The van der Waals surface area contributed by atoms with Crippen LogP contribution in [0.3, 0.4) is 0 Å². The van der Waals surface area contributed by atoms with Crippen LogP contribution in [0.15, 0.2) is 16.7 Å². The lowest BCUT2D eigenvalue weighted by atomic mass is 9.74. The van der Waals surface area contributed by atoms with E-state index >= 15 is 0 Å². The Kier molecular flexibility index (Phi) is 3.11. The van der Waals surface area contributed by atoms with Gasteiger partial charge in [-0.3, -0.25) is 9.59 Å². The second kappa shape index (κ2) is 4.41. The monoisotopic (exact) mass is 257 g/mol. The maximum atomic E-state index is 11.9. The minimum absolute atomic E-state index is 0.0206. The van der Waals surface area contributed by atoms with Crippen molar-refractivity contribution in [2.45, 2.75) is 31.2 Å². The molecule has 1 aromatic heterocycles. The lowest BCUT2D eigenvalue weighted by Gasteiger charge is -2.41. The van der Waals surface area contributed by atoms with Gasteiger partial charge >= 0.3 is 5.97 Å². The summed E-state index contributed by atoms with van der Waals surface area (Å²) >= 11 is 5.69. The predicted molar refractivity (Wildman–Crippen MR) is 60.0 cm³/mol. The van der Waals surface area contributed by atoms with Crippen LogP contribution >= 0.6 is 11.6 Å². The molecule has 6 heteroatoms. The number of hydrogen-bond donors (Lipinski definition) is 2. The molecule has 0 aromatic carbocycles. The lowest BCUT2D eigenvalue weighted by Crippen LogP contribution is -2.54. The van der Waals surface area contributed by atoms with Crippen molar-refractivity contribution in [1.29, 1.82) is 0 Å². The topological polar surface area (TPSA) is 79.5 Å². The molecule has 0 bridgehead atoms. The van der Waals surface area contributed by atoms with Crippen LogP contribution in [0.25, 0.3) is 0 Å². The second-order valence-electron chi connectivity index (χ2n) is 4.27. The number of carboxylic acid groups (broad SMARTS) is 1. The summed E-state index contributed by atoms with van der Waals surface area (Å²) in [6, 6.07) is 1.46. The number of furan rings is 1. The molecule has 0 saturated heterocycles. The molecule has 0 aliphatic heterocycles. The summed E-state index contributed by atoms with van der Waals surface area (Å²) in [5.74, 6) is -1.30. The van der Waals surface area contributed by atoms with Crippen molar-refractivity contribution >= 4 is 23.5 Å². The molecular formula is C11H12ClNO4. The van der Waals surface area contributed by atoms with Gasteiger partial charge in [0.25, 0.3) is 5.91 Å². The summed E-state index contributed by atoms with van der Waals surface area (Å²) < 4.78 is 4.82. The van der Waals surface area contributed by atoms with Crippen LogP contribution in [-0.2, 0) is 4.79 Å². The molecule has 1 fully saturated rings. The van der Waals surface area contributed by atoms with E-state index in [2.05, 4.69) is 5.32 Å². The number of carbonyl (C=O) groups excluding carboxylic acids is 1. The number of carbonyl (C=O) groups is 2. The molecule has 2 N–H and O–H groups in total. The maximum Gasteiger partial charge on any atom is 0.305 e. The fourth-order valence-corrected chi connectivity index (χ4v) is 2.20. The van der Waals surface area contributed by atoms with E-state index in [0.717, 1.165) is 6.42 Å². The molecule has 1 saturated carbocycles. The molecule has 1 aliphatic carbocycles. The van der Waals surface area contributed by atoms with Crippen molar-refractivity contribution in [2.75, 3.05) is 0 Å². The average Bonchev–Trinajstić information content (AvgIpc) is 2.60. The van der Waals surface area contributed by atoms with Crippen LogP contribution < -0.4 is 5.32 Å². The van der Waals surface area contributed by atoms with Gasteiger partial charge in [0.15, 0.2) is 0 Å². The minimum atomic E-state index is -0.914. The van der Waals surface area contributed by atoms with E-state index in [1.807, 2.05) is 0 Å². The van der Waals surface area contributed by atoms with Gasteiger partial charge in [-0.15, -0.1) is 0 Å². The zero-order chi connectivity index (χ0) is 12.5. The van der Waals surface area contributed by atoms with Crippen molar-refractivity contribution in [3.05, 3.63) is 23.1 Å². The zero-order valence-electron chi connectivity index (χ0n) is 9.03. The first-order chi connectivity index (χ1) is 8.02. The summed E-state index contributed by atoms with van der Waals surface area (Å²) in [6.45, 7) is 0. The van der Waals surface area contributed by atoms with E-state index in [1.165, 1.54) is 12.3 Å². The van der Waals surface area contributed by atoms with Crippen LogP contribution in [0.2, 0.25) is 5.22 Å². The van der Waals surface area contributed by atoms with Crippen molar-refractivity contribution in [1.82, 2.24) is 5.32 Å². The van der Waals surface area contributed by atoms with Gasteiger partial charge in [0, 0.05) is 0 Å². The highest BCUT2D eigenvalue weighted by molar-refractivity contribution is 6.32. The largest absolute Gasteiger partial charge is 0.481 e. The van der Waals surface area contributed by atoms with E-state index < -0.39 is 11.5 Å². The first-order valence-electron chi connectivity index (χ1n) is 5.30. The smallest absolute Gasteiger partial charge is 0.305 e. The van der Waals surface area contributed by atoms with Gasteiger partial charge in [-0.05, 0) is 36.9 Å². The summed E-state index contributed by atoms with van der Waals surface area (Å²) in [7, 11) is 0. The maximum absolute atomic E-state index is 11.9. The molecule has 0 spiro atoms. The molecule has 1 amide bonds. The summed E-state index contributed by atoms with van der Waals surface area (Å²) in [5, 5.41) is 11.6. The van der Waals surface area contributed by atoms with Gasteiger partial charge < -0.3 is 14.8 Å². The highest BCUT2D eigenvalue weighted by Crippen LogP contribution is 2.35. The highest BCUT2D eigenvalue weighted by atomic mass is 35.5. The molecule has 5 nitrogen and oxygen atoms in total. The highest BCUT2D eigenvalue weighted by Gasteiger charge is 2.40. The number of hydrogen-bond acceptors (Lipinski definition) is 3. The van der Waals surface area contributed by atoms with Crippen molar-refractivity contribution < 1.29 is 19.1 Å². The third-order valence-corrected chi connectivity index (χ3v) is 3.33. The Morgan fingerprint density at radius 1 is 1.53 bits per heavy atom. The van der Waals surface area contributed by atoms with Crippen LogP contribution in [0, 0.1) is 0 Å². The molecule has 2 rings (SSSR count). The molecule has 0 radical (unpaired) electrons. The molecule has 1 aliphatic rings. The molecule has 1 heterocycles. The standard InChI is InChI=1S/C11H12ClNO4/c12-9-7(2-5-17-9)10(16)13-11(3-1-4-11)6-8(14)15/h2,5H,1,3-4,6H2,(H,13,16)(H,14,15). The van der Waals surface area contributed by atoms with Crippen LogP contribution in [-0.4, -0.2) is 22.5 Å².